The van der Waals surface area contributed by atoms with Crippen LogP contribution in [0, 0.1) is 17.6 Å². The number of halogens is 2. The zero-order valence-electron chi connectivity index (χ0n) is 11.5. The number of hydrogen-bond donors (Lipinski definition) is 1. The van der Waals surface area contributed by atoms with Crippen molar-refractivity contribution < 1.29 is 13.6 Å². The predicted molar refractivity (Wildman–Crippen MR) is 70.3 cm³/mol. The molecule has 1 rings (SSSR count). The lowest BCUT2D eigenvalue weighted by atomic mass is 10.0. The molecule has 0 fully saturated rings. The van der Waals surface area contributed by atoms with Crippen LogP contribution < -0.4 is 5.73 Å². The number of nitrogens with zero attached hydrogens (tertiary/aromatic N) is 1. The lowest BCUT2D eigenvalue weighted by Crippen LogP contribution is -2.35. The van der Waals surface area contributed by atoms with Crippen molar-refractivity contribution in [1.29, 1.82) is 0 Å². The number of carbonyl (C=O) groups is 1. The molecule has 19 heavy (non-hydrogen) atoms. The van der Waals surface area contributed by atoms with E-state index in [1.165, 1.54) is 17.0 Å². The molecule has 2 N–H and O–H groups in total. The van der Waals surface area contributed by atoms with Crippen molar-refractivity contribution in [2.45, 2.75) is 32.9 Å². The second-order valence-electron chi connectivity index (χ2n) is 5.10. The van der Waals surface area contributed by atoms with Gasteiger partial charge in [-0.15, -0.1) is 0 Å². The van der Waals surface area contributed by atoms with E-state index in [-0.39, 0.29) is 36.4 Å². The van der Waals surface area contributed by atoms with Gasteiger partial charge < -0.3 is 10.6 Å². The molecule has 5 heteroatoms. The summed E-state index contributed by atoms with van der Waals surface area (Å²) in [7, 11) is 1.58. The van der Waals surface area contributed by atoms with E-state index in [9.17, 15) is 13.6 Å². The molecule has 106 valence electrons. The molecule has 0 saturated heterocycles. The Hall–Kier alpha value is -1.49. The summed E-state index contributed by atoms with van der Waals surface area (Å²) >= 11 is 0. The molecular weight excluding hydrogens is 250 g/mol. The van der Waals surface area contributed by atoms with E-state index in [0.717, 1.165) is 6.07 Å². The van der Waals surface area contributed by atoms with E-state index in [1.54, 1.807) is 7.05 Å². The summed E-state index contributed by atoms with van der Waals surface area (Å²) < 4.78 is 26.2. The smallest absolute Gasteiger partial charge is 0.224 e. The summed E-state index contributed by atoms with van der Waals surface area (Å²) in [5.74, 6) is -1.21. The van der Waals surface area contributed by atoms with E-state index >= 15 is 0 Å². The van der Waals surface area contributed by atoms with Gasteiger partial charge in [-0.2, -0.15) is 0 Å². The van der Waals surface area contributed by atoms with E-state index in [1.807, 2.05) is 13.8 Å². The molecule has 1 unspecified atom stereocenters. The van der Waals surface area contributed by atoms with Crippen molar-refractivity contribution >= 4 is 5.91 Å². The van der Waals surface area contributed by atoms with E-state index in [4.69, 9.17) is 5.73 Å². The Morgan fingerprint density at radius 1 is 1.37 bits per heavy atom. The lowest BCUT2D eigenvalue weighted by Gasteiger charge is -2.21. The second kappa shape index (κ2) is 6.61. The van der Waals surface area contributed by atoms with Crippen molar-refractivity contribution in [1.82, 2.24) is 4.90 Å². The quantitative estimate of drug-likeness (QED) is 0.892. The van der Waals surface area contributed by atoms with Gasteiger partial charge in [0.25, 0.3) is 0 Å². The molecule has 0 bridgehead atoms. The van der Waals surface area contributed by atoms with Crippen molar-refractivity contribution in [3.8, 4) is 0 Å². The van der Waals surface area contributed by atoms with Crippen molar-refractivity contribution in [2.24, 2.45) is 11.7 Å². The van der Waals surface area contributed by atoms with E-state index in [0.29, 0.717) is 0 Å². The molecule has 1 atom stereocenters. The lowest BCUT2D eigenvalue weighted by molar-refractivity contribution is -0.131. The highest BCUT2D eigenvalue weighted by Crippen LogP contribution is 2.13. The normalized spacial score (nSPS) is 12.6. The maximum Gasteiger partial charge on any atom is 0.224 e. The number of benzene rings is 1. The summed E-state index contributed by atoms with van der Waals surface area (Å²) in [6.07, 6.45) is 0.219. The molecule has 0 aliphatic rings. The molecule has 0 radical (unpaired) electrons. The van der Waals surface area contributed by atoms with Gasteiger partial charge in [-0.3, -0.25) is 4.79 Å². The third kappa shape index (κ3) is 4.59. The Balaban J connectivity index is 2.63. The Morgan fingerprint density at radius 3 is 2.53 bits per heavy atom. The molecule has 0 spiro atoms. The van der Waals surface area contributed by atoms with Crippen LogP contribution in [0.25, 0.3) is 0 Å². The van der Waals surface area contributed by atoms with Gasteiger partial charge in [0.05, 0.1) is 0 Å². The zero-order chi connectivity index (χ0) is 14.6. The molecular formula is C14H20F2N2O. The van der Waals surface area contributed by atoms with Gasteiger partial charge in [-0.25, -0.2) is 8.78 Å². The molecule has 1 aromatic rings. The summed E-state index contributed by atoms with van der Waals surface area (Å²) in [6.45, 7) is 3.99. The van der Waals surface area contributed by atoms with Gasteiger partial charge in [-0.1, -0.05) is 19.9 Å². The van der Waals surface area contributed by atoms with Gasteiger partial charge in [0, 0.05) is 37.7 Å². The minimum absolute atomic E-state index is 0.107. The largest absolute Gasteiger partial charge is 0.341 e. The van der Waals surface area contributed by atoms with Gasteiger partial charge in [-0.05, 0) is 12.0 Å². The van der Waals surface area contributed by atoms with Crippen LogP contribution in [0.1, 0.15) is 25.8 Å². The first kappa shape index (κ1) is 15.6. The zero-order valence-corrected chi connectivity index (χ0v) is 11.5. The van der Waals surface area contributed by atoms with Crippen LogP contribution in [-0.4, -0.2) is 23.9 Å². The van der Waals surface area contributed by atoms with Crippen LogP contribution in [0.3, 0.4) is 0 Å². The second-order valence-corrected chi connectivity index (χ2v) is 5.10. The topological polar surface area (TPSA) is 46.3 Å². The maximum absolute atomic E-state index is 13.5. The Morgan fingerprint density at radius 2 is 2.00 bits per heavy atom. The number of nitrogens with two attached hydrogens (primary N) is 1. The summed E-state index contributed by atoms with van der Waals surface area (Å²) in [5, 5.41) is 0. The molecule has 3 nitrogen and oxygen atoms in total. The van der Waals surface area contributed by atoms with Crippen LogP contribution in [-0.2, 0) is 11.3 Å². The first-order valence-electron chi connectivity index (χ1n) is 6.24. The first-order valence-corrected chi connectivity index (χ1v) is 6.24. The summed E-state index contributed by atoms with van der Waals surface area (Å²) in [6, 6.07) is 3.12. The van der Waals surface area contributed by atoms with Crippen LogP contribution in [0.15, 0.2) is 18.2 Å². The van der Waals surface area contributed by atoms with Gasteiger partial charge >= 0.3 is 0 Å². The standard InChI is InChI=1S/C14H20F2N2O/c1-9(2)13(17)7-14(19)18(3)8-10-4-5-11(15)6-12(10)16/h4-6,9,13H,7-8,17H2,1-3H3. The molecule has 0 aliphatic carbocycles. The first-order chi connectivity index (χ1) is 8.81. The summed E-state index contributed by atoms with van der Waals surface area (Å²) in [5.41, 5.74) is 6.11. The average molecular weight is 270 g/mol. The fourth-order valence-corrected chi connectivity index (χ4v) is 1.59. The number of amides is 1. The number of hydrogen-bond acceptors (Lipinski definition) is 2. The van der Waals surface area contributed by atoms with Gasteiger partial charge in [0.2, 0.25) is 5.91 Å². The maximum atomic E-state index is 13.5. The van der Waals surface area contributed by atoms with Crippen LogP contribution >= 0.6 is 0 Å². The fraction of sp³-hybridized carbons (Fsp3) is 0.500. The fourth-order valence-electron chi connectivity index (χ4n) is 1.59. The minimum atomic E-state index is -0.646. The van der Waals surface area contributed by atoms with Crippen LogP contribution in [0.4, 0.5) is 8.78 Å². The predicted octanol–water partition coefficient (Wildman–Crippen LogP) is 2.30. The SMILES string of the molecule is CC(C)C(N)CC(=O)N(C)Cc1ccc(F)cc1F. The average Bonchev–Trinajstić information content (AvgIpc) is 2.32. The molecule has 0 aliphatic heterocycles. The Labute approximate surface area is 112 Å². The van der Waals surface area contributed by atoms with Crippen LogP contribution in [0.5, 0.6) is 0 Å². The van der Waals surface area contributed by atoms with Gasteiger partial charge in [0.1, 0.15) is 11.6 Å². The number of rotatable bonds is 5. The molecule has 0 heterocycles. The van der Waals surface area contributed by atoms with Crippen molar-refractivity contribution in [3.63, 3.8) is 0 Å². The van der Waals surface area contributed by atoms with Gasteiger partial charge in [0.15, 0.2) is 0 Å². The highest BCUT2D eigenvalue weighted by Gasteiger charge is 2.17. The Bertz CT molecular complexity index is 449. The molecule has 1 aromatic carbocycles. The van der Waals surface area contributed by atoms with E-state index in [2.05, 4.69) is 0 Å². The van der Waals surface area contributed by atoms with Crippen molar-refractivity contribution in [3.05, 3.63) is 35.4 Å². The molecule has 1 amide bonds. The third-order valence-electron chi connectivity index (χ3n) is 3.12. The number of carbonyl (C=O) groups excluding carboxylic acids is 1. The Kier molecular flexibility index (Phi) is 5.42. The molecule has 0 saturated carbocycles. The summed E-state index contributed by atoms with van der Waals surface area (Å²) in [4.78, 5) is 13.3. The highest BCUT2D eigenvalue weighted by atomic mass is 19.1. The van der Waals surface area contributed by atoms with Crippen molar-refractivity contribution in [2.75, 3.05) is 7.05 Å². The highest BCUT2D eigenvalue weighted by molar-refractivity contribution is 5.76. The van der Waals surface area contributed by atoms with E-state index < -0.39 is 11.6 Å². The van der Waals surface area contributed by atoms with Crippen LogP contribution in [0.2, 0.25) is 0 Å². The monoisotopic (exact) mass is 270 g/mol. The minimum Gasteiger partial charge on any atom is -0.341 e. The third-order valence-corrected chi connectivity index (χ3v) is 3.12. The molecule has 0 aromatic heterocycles.